The number of anilines is 3. The van der Waals surface area contributed by atoms with Gasteiger partial charge in [0.15, 0.2) is 0 Å². The lowest BCUT2D eigenvalue weighted by Crippen LogP contribution is -2.42. The number of piperidine rings is 1. The number of hydrogen-bond acceptors (Lipinski definition) is 6. The van der Waals surface area contributed by atoms with Crippen molar-refractivity contribution in [3.63, 3.8) is 0 Å². The molecule has 116 valence electrons. The van der Waals surface area contributed by atoms with Crippen LogP contribution in [0.4, 0.5) is 17.8 Å². The zero-order valence-corrected chi connectivity index (χ0v) is 13.2. The Labute approximate surface area is 126 Å². The van der Waals surface area contributed by atoms with E-state index in [1.165, 1.54) is 44.9 Å². The van der Waals surface area contributed by atoms with E-state index >= 15 is 0 Å². The van der Waals surface area contributed by atoms with Crippen LogP contribution >= 0.6 is 0 Å². The standard InChI is InChI=1S/C15H26N6/c1-20(2)13-17-12(16)18-14(19-13)21-10-8-15(9-11-21)6-4-3-5-7-15/h3-11H2,1-2H3,(H2,16,17,18,19). The molecule has 0 amide bonds. The summed E-state index contributed by atoms with van der Waals surface area (Å²) < 4.78 is 0. The molecule has 0 radical (unpaired) electrons. The molecule has 1 aliphatic carbocycles. The summed E-state index contributed by atoms with van der Waals surface area (Å²) in [6.07, 6.45) is 9.56. The van der Waals surface area contributed by atoms with E-state index in [9.17, 15) is 0 Å². The number of nitrogens with two attached hydrogens (primary N) is 1. The Morgan fingerprint density at radius 3 is 2.24 bits per heavy atom. The van der Waals surface area contributed by atoms with Crippen molar-refractivity contribution >= 4 is 17.8 Å². The molecular formula is C15H26N6. The van der Waals surface area contributed by atoms with Crippen molar-refractivity contribution in [1.82, 2.24) is 15.0 Å². The van der Waals surface area contributed by atoms with Crippen LogP contribution in [0.15, 0.2) is 0 Å². The minimum absolute atomic E-state index is 0.307. The molecule has 2 aliphatic rings. The highest BCUT2D eigenvalue weighted by Crippen LogP contribution is 2.44. The van der Waals surface area contributed by atoms with Crippen LogP contribution in [0.1, 0.15) is 44.9 Å². The van der Waals surface area contributed by atoms with Gasteiger partial charge in [-0.15, -0.1) is 0 Å². The molecule has 3 rings (SSSR count). The minimum Gasteiger partial charge on any atom is -0.368 e. The minimum atomic E-state index is 0.307. The van der Waals surface area contributed by atoms with Gasteiger partial charge in [0.05, 0.1) is 0 Å². The van der Waals surface area contributed by atoms with Crippen molar-refractivity contribution in [3.8, 4) is 0 Å². The summed E-state index contributed by atoms with van der Waals surface area (Å²) in [4.78, 5) is 17.2. The molecule has 1 saturated carbocycles. The monoisotopic (exact) mass is 290 g/mol. The lowest BCUT2D eigenvalue weighted by molar-refractivity contribution is 0.144. The molecule has 0 unspecified atom stereocenters. The van der Waals surface area contributed by atoms with Gasteiger partial charge in [0.2, 0.25) is 17.8 Å². The number of nitrogens with zero attached hydrogens (tertiary/aromatic N) is 5. The van der Waals surface area contributed by atoms with Gasteiger partial charge < -0.3 is 15.5 Å². The van der Waals surface area contributed by atoms with Gasteiger partial charge in [0.25, 0.3) is 0 Å². The van der Waals surface area contributed by atoms with Crippen molar-refractivity contribution in [2.24, 2.45) is 5.41 Å². The third-order valence-corrected chi connectivity index (χ3v) is 5.05. The Kier molecular flexibility index (Phi) is 3.87. The Hall–Kier alpha value is -1.59. The fourth-order valence-corrected chi connectivity index (χ4v) is 3.69. The normalized spacial score (nSPS) is 21.5. The van der Waals surface area contributed by atoms with Crippen molar-refractivity contribution < 1.29 is 0 Å². The maximum absolute atomic E-state index is 5.82. The molecular weight excluding hydrogens is 264 g/mol. The van der Waals surface area contributed by atoms with E-state index in [1.54, 1.807) is 0 Å². The van der Waals surface area contributed by atoms with Crippen molar-refractivity contribution in [2.75, 3.05) is 42.7 Å². The Morgan fingerprint density at radius 2 is 1.62 bits per heavy atom. The number of rotatable bonds is 2. The van der Waals surface area contributed by atoms with Crippen LogP contribution in [-0.2, 0) is 0 Å². The summed E-state index contributed by atoms with van der Waals surface area (Å²) in [6, 6.07) is 0. The van der Waals surface area contributed by atoms with E-state index < -0.39 is 0 Å². The van der Waals surface area contributed by atoms with E-state index in [1.807, 2.05) is 19.0 Å². The molecule has 1 aliphatic heterocycles. The molecule has 21 heavy (non-hydrogen) atoms. The molecule has 1 aromatic heterocycles. The maximum Gasteiger partial charge on any atom is 0.231 e. The summed E-state index contributed by atoms with van der Waals surface area (Å²) in [5.74, 6) is 1.67. The Morgan fingerprint density at radius 1 is 0.952 bits per heavy atom. The van der Waals surface area contributed by atoms with Gasteiger partial charge in [-0.1, -0.05) is 19.3 Å². The van der Waals surface area contributed by atoms with Gasteiger partial charge in [0.1, 0.15) is 0 Å². The van der Waals surface area contributed by atoms with Crippen LogP contribution in [0.3, 0.4) is 0 Å². The first-order chi connectivity index (χ1) is 10.1. The zero-order chi connectivity index (χ0) is 14.9. The van der Waals surface area contributed by atoms with Crippen LogP contribution in [0, 0.1) is 5.41 Å². The SMILES string of the molecule is CN(C)c1nc(N)nc(N2CCC3(CCCCC3)CC2)n1. The smallest absolute Gasteiger partial charge is 0.231 e. The highest BCUT2D eigenvalue weighted by molar-refractivity contribution is 5.43. The molecule has 1 aromatic rings. The summed E-state index contributed by atoms with van der Waals surface area (Å²) in [7, 11) is 3.84. The first-order valence-corrected chi connectivity index (χ1v) is 8.02. The lowest BCUT2D eigenvalue weighted by Gasteiger charge is -2.44. The lowest BCUT2D eigenvalue weighted by atomic mass is 9.68. The molecule has 2 N–H and O–H groups in total. The predicted molar refractivity (Wildman–Crippen MR) is 85.5 cm³/mol. The van der Waals surface area contributed by atoms with Crippen molar-refractivity contribution in [2.45, 2.75) is 44.9 Å². The first-order valence-electron chi connectivity index (χ1n) is 8.02. The highest BCUT2D eigenvalue weighted by atomic mass is 15.3. The third-order valence-electron chi connectivity index (χ3n) is 5.05. The fourth-order valence-electron chi connectivity index (χ4n) is 3.69. The van der Waals surface area contributed by atoms with Crippen LogP contribution in [0.25, 0.3) is 0 Å². The zero-order valence-electron chi connectivity index (χ0n) is 13.2. The average molecular weight is 290 g/mol. The van der Waals surface area contributed by atoms with Gasteiger partial charge in [-0.2, -0.15) is 15.0 Å². The van der Waals surface area contributed by atoms with Gasteiger partial charge in [0, 0.05) is 27.2 Å². The van der Waals surface area contributed by atoms with Gasteiger partial charge in [-0.25, -0.2) is 0 Å². The molecule has 1 spiro atoms. The van der Waals surface area contributed by atoms with Crippen LogP contribution in [0.5, 0.6) is 0 Å². The quantitative estimate of drug-likeness (QED) is 0.899. The van der Waals surface area contributed by atoms with E-state index in [-0.39, 0.29) is 0 Å². The molecule has 1 saturated heterocycles. The van der Waals surface area contributed by atoms with Crippen LogP contribution in [-0.4, -0.2) is 42.1 Å². The largest absolute Gasteiger partial charge is 0.368 e. The highest BCUT2D eigenvalue weighted by Gasteiger charge is 2.36. The fraction of sp³-hybridized carbons (Fsp3) is 0.800. The molecule has 2 fully saturated rings. The number of aromatic nitrogens is 3. The summed E-state index contributed by atoms with van der Waals surface area (Å²) in [5, 5.41) is 0. The van der Waals surface area contributed by atoms with Crippen LogP contribution in [0.2, 0.25) is 0 Å². The topological polar surface area (TPSA) is 71.2 Å². The van der Waals surface area contributed by atoms with Gasteiger partial charge >= 0.3 is 0 Å². The van der Waals surface area contributed by atoms with Crippen molar-refractivity contribution in [1.29, 1.82) is 0 Å². The Bertz CT molecular complexity index is 485. The van der Waals surface area contributed by atoms with Gasteiger partial charge in [-0.05, 0) is 31.1 Å². The second-order valence-electron chi connectivity index (χ2n) is 6.74. The second-order valence-corrected chi connectivity index (χ2v) is 6.74. The molecule has 0 atom stereocenters. The van der Waals surface area contributed by atoms with E-state index in [4.69, 9.17) is 5.73 Å². The van der Waals surface area contributed by atoms with E-state index in [0.29, 0.717) is 17.3 Å². The third kappa shape index (κ3) is 3.04. The molecule has 6 nitrogen and oxygen atoms in total. The molecule has 2 heterocycles. The van der Waals surface area contributed by atoms with E-state index in [2.05, 4.69) is 19.9 Å². The number of hydrogen-bond donors (Lipinski definition) is 1. The molecule has 0 bridgehead atoms. The van der Waals surface area contributed by atoms with Gasteiger partial charge in [-0.3, -0.25) is 0 Å². The Balaban J connectivity index is 1.71. The molecule has 0 aromatic carbocycles. The second kappa shape index (κ2) is 5.66. The maximum atomic E-state index is 5.82. The number of nitrogen functional groups attached to an aromatic ring is 1. The van der Waals surface area contributed by atoms with E-state index in [0.717, 1.165) is 19.0 Å². The summed E-state index contributed by atoms with van der Waals surface area (Å²) in [5.41, 5.74) is 6.42. The first kappa shape index (κ1) is 14.4. The summed E-state index contributed by atoms with van der Waals surface area (Å²) >= 11 is 0. The van der Waals surface area contributed by atoms with Crippen molar-refractivity contribution in [3.05, 3.63) is 0 Å². The van der Waals surface area contributed by atoms with Crippen LogP contribution < -0.4 is 15.5 Å². The molecule has 6 heteroatoms. The average Bonchev–Trinajstić information content (AvgIpc) is 2.48. The summed E-state index contributed by atoms with van der Waals surface area (Å²) in [6.45, 7) is 2.08. The predicted octanol–water partition coefficient (Wildman–Crippen LogP) is 2.07.